The monoisotopic (exact) mass is 326 g/mol. The van der Waals surface area contributed by atoms with E-state index >= 15 is 0 Å². The molecule has 0 aliphatic carbocycles. The standard InChI is InChI=1S/C17H15ClN4O/c1-11-5-6-20-16(7-11)21-10-13(9-19)17(23)22-14-4-3-12(2)15(18)8-14/h3-8,10H,1-2H3,(H,20,21)(H,22,23)/b13-10-. The molecule has 0 aliphatic heterocycles. The number of benzene rings is 1. The third-order valence-electron chi connectivity index (χ3n) is 3.07. The lowest BCUT2D eigenvalue weighted by Crippen LogP contribution is -2.14. The predicted molar refractivity (Wildman–Crippen MR) is 91.1 cm³/mol. The third kappa shape index (κ3) is 4.56. The Bertz CT molecular complexity index is 808. The molecule has 1 heterocycles. The van der Waals surface area contributed by atoms with Crippen LogP contribution in [-0.4, -0.2) is 10.9 Å². The summed E-state index contributed by atoms with van der Waals surface area (Å²) >= 11 is 6.02. The molecule has 0 fully saturated rings. The number of carbonyl (C=O) groups excluding carboxylic acids is 1. The van der Waals surface area contributed by atoms with Crippen LogP contribution >= 0.6 is 11.6 Å². The van der Waals surface area contributed by atoms with Gasteiger partial charge in [0.05, 0.1) is 0 Å². The van der Waals surface area contributed by atoms with E-state index < -0.39 is 5.91 Å². The second-order valence-electron chi connectivity index (χ2n) is 4.95. The van der Waals surface area contributed by atoms with E-state index in [0.717, 1.165) is 11.1 Å². The molecule has 0 bridgehead atoms. The van der Waals surface area contributed by atoms with E-state index in [2.05, 4.69) is 15.6 Å². The molecule has 2 rings (SSSR count). The van der Waals surface area contributed by atoms with Crippen LogP contribution in [0.3, 0.4) is 0 Å². The number of pyridine rings is 1. The summed E-state index contributed by atoms with van der Waals surface area (Å²) < 4.78 is 0. The summed E-state index contributed by atoms with van der Waals surface area (Å²) in [5.74, 6) is 0.0384. The van der Waals surface area contributed by atoms with E-state index in [1.54, 1.807) is 24.4 Å². The second-order valence-corrected chi connectivity index (χ2v) is 5.36. The van der Waals surface area contributed by atoms with Gasteiger partial charge in [-0.1, -0.05) is 17.7 Å². The Balaban J connectivity index is 2.10. The lowest BCUT2D eigenvalue weighted by atomic mass is 10.2. The normalized spacial score (nSPS) is 10.8. The van der Waals surface area contributed by atoms with Crippen LogP contribution in [0.4, 0.5) is 11.5 Å². The smallest absolute Gasteiger partial charge is 0.267 e. The summed E-state index contributed by atoms with van der Waals surface area (Å²) in [5.41, 5.74) is 2.39. The number of carbonyl (C=O) groups is 1. The van der Waals surface area contributed by atoms with E-state index in [4.69, 9.17) is 16.9 Å². The highest BCUT2D eigenvalue weighted by Crippen LogP contribution is 2.20. The molecule has 1 amide bonds. The maximum atomic E-state index is 12.1. The molecule has 116 valence electrons. The molecule has 2 N–H and O–H groups in total. The molecule has 0 unspecified atom stereocenters. The number of nitrogens with one attached hydrogen (secondary N) is 2. The van der Waals surface area contributed by atoms with Crippen LogP contribution < -0.4 is 10.6 Å². The topological polar surface area (TPSA) is 77.8 Å². The minimum absolute atomic E-state index is 0.0648. The molecule has 1 aromatic carbocycles. The number of hydrogen-bond acceptors (Lipinski definition) is 4. The molecular weight excluding hydrogens is 312 g/mol. The molecule has 0 radical (unpaired) electrons. The minimum Gasteiger partial charge on any atom is -0.345 e. The summed E-state index contributed by atoms with van der Waals surface area (Å²) in [5, 5.41) is 15.2. The highest BCUT2D eigenvalue weighted by atomic mass is 35.5. The van der Waals surface area contributed by atoms with Crippen molar-refractivity contribution in [1.82, 2.24) is 4.98 Å². The number of rotatable bonds is 4. The highest BCUT2D eigenvalue weighted by molar-refractivity contribution is 6.31. The van der Waals surface area contributed by atoms with Crippen LogP contribution in [0.15, 0.2) is 48.3 Å². The maximum absolute atomic E-state index is 12.1. The molecule has 1 aromatic heterocycles. The number of amides is 1. The minimum atomic E-state index is -0.521. The van der Waals surface area contributed by atoms with Crippen LogP contribution in [0.5, 0.6) is 0 Å². The fraction of sp³-hybridized carbons (Fsp3) is 0.118. The summed E-state index contributed by atoms with van der Waals surface area (Å²) in [6.07, 6.45) is 2.97. The summed E-state index contributed by atoms with van der Waals surface area (Å²) in [7, 11) is 0. The lowest BCUT2D eigenvalue weighted by molar-refractivity contribution is -0.112. The van der Waals surface area contributed by atoms with Crippen molar-refractivity contribution < 1.29 is 4.79 Å². The summed E-state index contributed by atoms with van der Waals surface area (Å²) in [6.45, 7) is 3.79. The van der Waals surface area contributed by atoms with Gasteiger partial charge >= 0.3 is 0 Å². The van der Waals surface area contributed by atoms with Gasteiger partial charge in [0, 0.05) is 23.1 Å². The summed E-state index contributed by atoms with van der Waals surface area (Å²) in [4.78, 5) is 16.2. The number of nitrogens with zero attached hydrogens (tertiary/aromatic N) is 2. The SMILES string of the molecule is Cc1ccnc(N/C=C(/C#N)C(=O)Nc2ccc(C)c(Cl)c2)c1. The van der Waals surface area contributed by atoms with Crippen LogP contribution in [0.25, 0.3) is 0 Å². The van der Waals surface area contributed by atoms with E-state index in [1.807, 2.05) is 32.0 Å². The van der Waals surface area contributed by atoms with E-state index in [1.165, 1.54) is 6.20 Å². The molecule has 2 aromatic rings. The van der Waals surface area contributed by atoms with Gasteiger partial charge in [-0.2, -0.15) is 5.26 Å². The molecular formula is C17H15ClN4O. The van der Waals surface area contributed by atoms with Gasteiger partial charge in [-0.15, -0.1) is 0 Å². The molecule has 0 saturated carbocycles. The van der Waals surface area contributed by atoms with Crippen molar-refractivity contribution in [2.45, 2.75) is 13.8 Å². The number of aryl methyl sites for hydroxylation is 2. The van der Waals surface area contributed by atoms with Gasteiger partial charge < -0.3 is 10.6 Å². The first-order chi connectivity index (χ1) is 11.0. The Hall–Kier alpha value is -2.84. The van der Waals surface area contributed by atoms with Gasteiger partial charge in [0.2, 0.25) is 0 Å². The van der Waals surface area contributed by atoms with Crippen molar-refractivity contribution in [3.63, 3.8) is 0 Å². The fourth-order valence-corrected chi connectivity index (χ4v) is 1.96. The van der Waals surface area contributed by atoms with Gasteiger partial charge in [-0.25, -0.2) is 4.98 Å². The van der Waals surface area contributed by atoms with Crippen molar-refractivity contribution in [3.05, 3.63) is 64.5 Å². The maximum Gasteiger partial charge on any atom is 0.267 e. The number of halogens is 1. The molecule has 6 heteroatoms. The van der Waals surface area contributed by atoms with Crippen molar-refractivity contribution in [1.29, 1.82) is 5.26 Å². The summed E-state index contributed by atoms with van der Waals surface area (Å²) in [6, 6.07) is 10.7. The van der Waals surface area contributed by atoms with Crippen LogP contribution in [0.2, 0.25) is 5.02 Å². The number of hydrogen-bond donors (Lipinski definition) is 2. The van der Waals surface area contributed by atoms with Crippen molar-refractivity contribution in [2.24, 2.45) is 0 Å². The second kappa shape index (κ2) is 7.43. The Morgan fingerprint density at radius 3 is 2.74 bits per heavy atom. The molecule has 5 nitrogen and oxygen atoms in total. The first-order valence-electron chi connectivity index (χ1n) is 6.86. The van der Waals surface area contributed by atoms with Gasteiger partial charge in [-0.05, 0) is 49.2 Å². The van der Waals surface area contributed by atoms with Crippen LogP contribution in [0.1, 0.15) is 11.1 Å². The van der Waals surface area contributed by atoms with E-state index in [9.17, 15) is 4.79 Å². The molecule has 0 aliphatic rings. The quantitative estimate of drug-likeness (QED) is 0.661. The van der Waals surface area contributed by atoms with Crippen molar-refractivity contribution >= 4 is 29.0 Å². The molecule has 23 heavy (non-hydrogen) atoms. The predicted octanol–water partition coefficient (Wildman–Crippen LogP) is 3.81. The van der Waals surface area contributed by atoms with Crippen LogP contribution in [-0.2, 0) is 4.79 Å². The Morgan fingerprint density at radius 1 is 1.30 bits per heavy atom. The highest BCUT2D eigenvalue weighted by Gasteiger charge is 2.10. The van der Waals surface area contributed by atoms with Crippen molar-refractivity contribution in [3.8, 4) is 6.07 Å². The average molecular weight is 327 g/mol. The first kappa shape index (κ1) is 16.5. The van der Waals surface area contributed by atoms with E-state index in [-0.39, 0.29) is 5.57 Å². The number of anilines is 2. The fourth-order valence-electron chi connectivity index (χ4n) is 1.78. The van der Waals surface area contributed by atoms with Gasteiger partial charge in [0.15, 0.2) is 0 Å². The lowest BCUT2D eigenvalue weighted by Gasteiger charge is -2.06. The largest absolute Gasteiger partial charge is 0.345 e. The van der Waals surface area contributed by atoms with Gasteiger partial charge in [-0.3, -0.25) is 4.79 Å². The third-order valence-corrected chi connectivity index (χ3v) is 3.48. The molecule has 0 saturated heterocycles. The van der Waals surface area contributed by atoms with Crippen LogP contribution in [0, 0.1) is 25.2 Å². The molecule has 0 atom stereocenters. The van der Waals surface area contributed by atoms with E-state index in [0.29, 0.717) is 16.5 Å². The van der Waals surface area contributed by atoms with Crippen molar-refractivity contribution in [2.75, 3.05) is 10.6 Å². The number of aromatic nitrogens is 1. The Morgan fingerprint density at radius 2 is 2.09 bits per heavy atom. The van der Waals surface area contributed by atoms with Gasteiger partial charge in [0.25, 0.3) is 5.91 Å². The zero-order valence-electron chi connectivity index (χ0n) is 12.7. The Labute approximate surface area is 139 Å². The number of nitriles is 1. The Kier molecular flexibility index (Phi) is 5.34. The molecule has 0 spiro atoms. The average Bonchev–Trinajstić information content (AvgIpc) is 2.51. The zero-order chi connectivity index (χ0) is 16.8. The van der Waals surface area contributed by atoms with Gasteiger partial charge in [0.1, 0.15) is 17.5 Å². The zero-order valence-corrected chi connectivity index (χ0v) is 13.5. The first-order valence-corrected chi connectivity index (χ1v) is 7.24.